The lowest BCUT2D eigenvalue weighted by Crippen LogP contribution is -2.26. The third kappa shape index (κ3) is 4.11. The van der Waals surface area contributed by atoms with Gasteiger partial charge in [0.25, 0.3) is 5.91 Å². The Morgan fingerprint density at radius 2 is 2.10 bits per heavy atom. The smallest absolute Gasteiger partial charge is 0.252 e. The Balaban J connectivity index is 1.45. The van der Waals surface area contributed by atoms with Crippen molar-refractivity contribution in [2.75, 3.05) is 19.6 Å². The highest BCUT2D eigenvalue weighted by Gasteiger charge is 2.29. The van der Waals surface area contributed by atoms with Crippen molar-refractivity contribution in [3.8, 4) is 0 Å². The van der Waals surface area contributed by atoms with E-state index < -0.39 is 0 Å². The molecule has 0 spiro atoms. The first-order valence-electron chi connectivity index (χ1n) is 9.64. The molecule has 1 aromatic carbocycles. The number of nitrogens with one attached hydrogen (secondary N) is 1. The third-order valence-corrected chi connectivity index (χ3v) is 5.28. The van der Waals surface area contributed by atoms with Crippen molar-refractivity contribution in [2.45, 2.75) is 25.7 Å². The second-order valence-corrected chi connectivity index (χ2v) is 7.29. The van der Waals surface area contributed by atoms with E-state index in [1.807, 2.05) is 10.5 Å². The fourth-order valence-corrected chi connectivity index (χ4v) is 3.69. The molecule has 0 bridgehead atoms. The van der Waals surface area contributed by atoms with Gasteiger partial charge >= 0.3 is 0 Å². The summed E-state index contributed by atoms with van der Waals surface area (Å²) in [5.41, 5.74) is 2.00. The summed E-state index contributed by atoms with van der Waals surface area (Å²) >= 11 is 0. The monoisotopic (exact) mass is 395 g/mol. The van der Waals surface area contributed by atoms with Gasteiger partial charge in [-0.15, -0.1) is 10.2 Å². The van der Waals surface area contributed by atoms with Gasteiger partial charge < -0.3 is 10.2 Å². The molecule has 2 aromatic heterocycles. The molecule has 0 radical (unpaired) electrons. The number of pyridine rings is 1. The molecule has 150 valence electrons. The summed E-state index contributed by atoms with van der Waals surface area (Å²) in [6, 6.07) is 9.82. The van der Waals surface area contributed by atoms with Crippen molar-refractivity contribution in [3.63, 3.8) is 0 Å². The molecule has 0 aliphatic carbocycles. The quantitative estimate of drug-likeness (QED) is 0.718. The van der Waals surface area contributed by atoms with E-state index in [0.29, 0.717) is 37.3 Å². The first-order valence-corrected chi connectivity index (χ1v) is 9.64. The fraction of sp³-hybridized carbons (Fsp3) is 0.333. The van der Waals surface area contributed by atoms with Crippen LogP contribution in [0.2, 0.25) is 0 Å². The number of aromatic nitrogens is 3. The topological polar surface area (TPSA) is 79.6 Å². The fourth-order valence-electron chi connectivity index (χ4n) is 3.69. The van der Waals surface area contributed by atoms with Crippen LogP contribution in [0.3, 0.4) is 0 Å². The molecule has 4 rings (SSSR count). The maximum Gasteiger partial charge on any atom is 0.252 e. The van der Waals surface area contributed by atoms with Crippen molar-refractivity contribution < 1.29 is 14.0 Å². The minimum atomic E-state index is -0.283. The molecule has 2 amide bonds. The highest BCUT2D eigenvalue weighted by atomic mass is 19.1. The van der Waals surface area contributed by atoms with Gasteiger partial charge in [0.05, 0.1) is 5.56 Å². The van der Waals surface area contributed by atoms with Crippen LogP contribution in [0, 0.1) is 5.82 Å². The van der Waals surface area contributed by atoms with Crippen LogP contribution in [0.1, 0.15) is 41.0 Å². The Bertz CT molecular complexity index is 1060. The zero-order valence-corrected chi connectivity index (χ0v) is 16.1. The van der Waals surface area contributed by atoms with Gasteiger partial charge in [0.1, 0.15) is 11.6 Å². The van der Waals surface area contributed by atoms with Gasteiger partial charge in [0.15, 0.2) is 5.65 Å². The summed E-state index contributed by atoms with van der Waals surface area (Å²) < 4.78 is 15.1. The number of hydrogen-bond donors (Lipinski definition) is 1. The van der Waals surface area contributed by atoms with E-state index in [4.69, 9.17) is 0 Å². The number of carbonyl (C=O) groups is 2. The predicted molar refractivity (Wildman–Crippen MR) is 105 cm³/mol. The summed E-state index contributed by atoms with van der Waals surface area (Å²) in [4.78, 5) is 25.9. The number of nitrogens with zero attached hydrogens (tertiary/aromatic N) is 4. The minimum Gasteiger partial charge on any atom is -0.352 e. The van der Waals surface area contributed by atoms with Crippen LogP contribution < -0.4 is 5.32 Å². The van der Waals surface area contributed by atoms with Gasteiger partial charge in [-0.05, 0) is 42.7 Å². The van der Waals surface area contributed by atoms with Crippen molar-refractivity contribution in [1.82, 2.24) is 24.8 Å². The van der Waals surface area contributed by atoms with Crippen molar-refractivity contribution in [2.24, 2.45) is 0 Å². The molecule has 1 aliphatic rings. The lowest BCUT2D eigenvalue weighted by molar-refractivity contribution is -0.127. The number of amides is 2. The molecule has 1 atom stereocenters. The van der Waals surface area contributed by atoms with E-state index in [0.717, 1.165) is 17.8 Å². The zero-order valence-electron chi connectivity index (χ0n) is 16.1. The molecule has 1 N–H and O–H groups in total. The van der Waals surface area contributed by atoms with E-state index in [-0.39, 0.29) is 23.5 Å². The molecule has 29 heavy (non-hydrogen) atoms. The zero-order chi connectivity index (χ0) is 20.4. The molecule has 3 heterocycles. The normalized spacial score (nSPS) is 16.3. The second kappa shape index (κ2) is 7.98. The molecule has 0 saturated carbocycles. The summed E-state index contributed by atoms with van der Waals surface area (Å²) in [5.74, 6) is 0.424. The third-order valence-electron chi connectivity index (χ3n) is 5.28. The number of halogens is 1. The lowest BCUT2D eigenvalue weighted by Gasteiger charge is -2.13. The van der Waals surface area contributed by atoms with Crippen LogP contribution in [0.15, 0.2) is 42.6 Å². The summed E-state index contributed by atoms with van der Waals surface area (Å²) in [6.07, 6.45) is 3.11. The standard InChI is InChI=1S/C21H22FN5O2/c1-14(28)26-10-8-16(12-26)20-25-24-19-6-5-17(13-27(19)20)21(29)23-9-7-15-3-2-4-18(22)11-15/h2-6,11,13,16H,7-10,12H2,1H3,(H,23,29). The molecule has 1 aliphatic heterocycles. The van der Waals surface area contributed by atoms with Crippen LogP contribution >= 0.6 is 0 Å². The number of benzene rings is 1. The van der Waals surface area contributed by atoms with Crippen LogP contribution in [0.25, 0.3) is 5.65 Å². The second-order valence-electron chi connectivity index (χ2n) is 7.29. The highest BCUT2D eigenvalue weighted by Crippen LogP contribution is 2.26. The average Bonchev–Trinajstić information content (AvgIpc) is 3.34. The maximum absolute atomic E-state index is 13.2. The Morgan fingerprint density at radius 3 is 2.86 bits per heavy atom. The molecule has 7 nitrogen and oxygen atoms in total. The summed E-state index contributed by atoms with van der Waals surface area (Å²) in [5, 5.41) is 11.3. The van der Waals surface area contributed by atoms with E-state index in [1.165, 1.54) is 12.1 Å². The molecule has 1 fully saturated rings. The van der Waals surface area contributed by atoms with Crippen LogP contribution in [-0.2, 0) is 11.2 Å². The van der Waals surface area contributed by atoms with Gasteiger partial charge in [-0.3, -0.25) is 14.0 Å². The van der Waals surface area contributed by atoms with Crippen molar-refractivity contribution in [3.05, 3.63) is 65.4 Å². The predicted octanol–water partition coefficient (Wildman–Crippen LogP) is 2.18. The first kappa shape index (κ1) is 19.0. The van der Waals surface area contributed by atoms with Gasteiger partial charge in [-0.1, -0.05) is 12.1 Å². The highest BCUT2D eigenvalue weighted by molar-refractivity contribution is 5.94. The molecular weight excluding hydrogens is 373 g/mol. The number of rotatable bonds is 5. The SMILES string of the molecule is CC(=O)N1CCC(c2nnc3ccc(C(=O)NCCc4cccc(F)c4)cn23)C1. The Morgan fingerprint density at radius 1 is 1.24 bits per heavy atom. The van der Waals surface area contributed by atoms with E-state index in [2.05, 4.69) is 15.5 Å². The molecule has 8 heteroatoms. The van der Waals surface area contributed by atoms with Crippen LogP contribution in [-0.4, -0.2) is 50.9 Å². The number of hydrogen-bond acceptors (Lipinski definition) is 4. The van der Waals surface area contributed by atoms with E-state index in [1.54, 1.807) is 36.2 Å². The molecular formula is C21H22FN5O2. The van der Waals surface area contributed by atoms with Gasteiger partial charge in [0, 0.05) is 38.7 Å². The Labute approximate surface area is 167 Å². The largest absolute Gasteiger partial charge is 0.352 e. The molecule has 3 aromatic rings. The summed E-state index contributed by atoms with van der Waals surface area (Å²) in [6.45, 7) is 3.29. The Hall–Kier alpha value is -3.29. The molecule has 1 saturated heterocycles. The average molecular weight is 395 g/mol. The maximum atomic E-state index is 13.2. The number of carbonyl (C=O) groups excluding carboxylic acids is 2. The van der Waals surface area contributed by atoms with E-state index >= 15 is 0 Å². The summed E-state index contributed by atoms with van der Waals surface area (Å²) in [7, 11) is 0. The lowest BCUT2D eigenvalue weighted by atomic mass is 10.1. The van der Waals surface area contributed by atoms with Crippen LogP contribution in [0.4, 0.5) is 4.39 Å². The van der Waals surface area contributed by atoms with E-state index in [9.17, 15) is 14.0 Å². The van der Waals surface area contributed by atoms with Crippen molar-refractivity contribution in [1.29, 1.82) is 0 Å². The Kier molecular flexibility index (Phi) is 5.24. The minimum absolute atomic E-state index is 0.0553. The first-order chi connectivity index (χ1) is 14.0. The van der Waals surface area contributed by atoms with Gasteiger partial charge in [-0.2, -0.15) is 0 Å². The van der Waals surface area contributed by atoms with Gasteiger partial charge in [0.2, 0.25) is 5.91 Å². The van der Waals surface area contributed by atoms with Crippen LogP contribution in [0.5, 0.6) is 0 Å². The number of fused-ring (bicyclic) bond motifs is 1. The molecule has 1 unspecified atom stereocenters. The van der Waals surface area contributed by atoms with Crippen molar-refractivity contribution >= 4 is 17.5 Å². The van der Waals surface area contributed by atoms with Gasteiger partial charge in [-0.25, -0.2) is 4.39 Å². The number of likely N-dealkylation sites (tertiary alicyclic amines) is 1.